The second-order valence-electron chi connectivity index (χ2n) is 7.21. The Morgan fingerprint density at radius 1 is 1.00 bits per heavy atom. The van der Waals surface area contributed by atoms with E-state index in [1.165, 1.54) is 0 Å². The molecule has 0 aromatic heterocycles. The van der Waals surface area contributed by atoms with E-state index in [1.54, 1.807) is 0 Å². The molecular formula is C21H14Cl2F7NO. The van der Waals surface area contributed by atoms with Crippen molar-refractivity contribution in [1.29, 1.82) is 0 Å². The highest BCUT2D eigenvalue weighted by Crippen LogP contribution is 2.41. The summed E-state index contributed by atoms with van der Waals surface area (Å²) in [6.45, 7) is 0. The van der Waals surface area contributed by atoms with Crippen LogP contribution < -0.4 is 5.32 Å². The van der Waals surface area contributed by atoms with Crippen LogP contribution in [-0.4, -0.2) is 18.1 Å². The van der Waals surface area contributed by atoms with E-state index in [1.807, 2.05) is 0 Å². The minimum absolute atomic E-state index is 0.0179. The SMILES string of the molecule is O=C(NC1CC1)c1ccc(/C(F)=C/C(c2ccc(Cl)c(Cl)c2)C(F)(F)F)cc1C(F)(F)F. The summed E-state index contributed by atoms with van der Waals surface area (Å²) in [5, 5.41) is 2.18. The number of rotatable bonds is 5. The molecule has 0 spiro atoms. The first-order valence-corrected chi connectivity index (χ1v) is 9.94. The van der Waals surface area contributed by atoms with Crippen LogP contribution in [0.5, 0.6) is 0 Å². The van der Waals surface area contributed by atoms with Gasteiger partial charge in [-0.2, -0.15) is 26.3 Å². The molecule has 1 N–H and O–H groups in total. The summed E-state index contributed by atoms with van der Waals surface area (Å²) in [6.07, 6.45) is -8.57. The van der Waals surface area contributed by atoms with Crippen LogP contribution >= 0.6 is 23.2 Å². The van der Waals surface area contributed by atoms with E-state index in [0.717, 1.165) is 30.3 Å². The lowest BCUT2D eigenvalue weighted by molar-refractivity contribution is -0.140. The molecule has 1 atom stereocenters. The first-order chi connectivity index (χ1) is 14.8. The molecule has 1 fully saturated rings. The van der Waals surface area contributed by atoms with Gasteiger partial charge in [-0.15, -0.1) is 0 Å². The van der Waals surface area contributed by atoms with E-state index in [9.17, 15) is 35.5 Å². The van der Waals surface area contributed by atoms with Crippen LogP contribution in [0.25, 0.3) is 5.83 Å². The van der Waals surface area contributed by atoms with Crippen LogP contribution in [-0.2, 0) is 6.18 Å². The molecule has 0 saturated heterocycles. The summed E-state index contributed by atoms with van der Waals surface area (Å²) in [4.78, 5) is 12.1. The molecule has 172 valence electrons. The van der Waals surface area contributed by atoms with Crippen molar-refractivity contribution in [2.24, 2.45) is 0 Å². The first-order valence-electron chi connectivity index (χ1n) is 9.19. The Hall–Kier alpha value is -2.26. The van der Waals surface area contributed by atoms with Gasteiger partial charge in [-0.05, 0) is 48.7 Å². The third kappa shape index (κ3) is 5.75. The predicted octanol–water partition coefficient (Wildman–Crippen LogP) is 7.56. The van der Waals surface area contributed by atoms with Gasteiger partial charge in [-0.1, -0.05) is 35.3 Å². The van der Waals surface area contributed by atoms with Crippen LogP contribution in [0.4, 0.5) is 30.7 Å². The quantitative estimate of drug-likeness (QED) is 0.422. The summed E-state index contributed by atoms with van der Waals surface area (Å²) in [6, 6.07) is 4.64. The molecule has 0 bridgehead atoms. The second-order valence-corrected chi connectivity index (χ2v) is 8.03. The smallest absolute Gasteiger partial charge is 0.349 e. The van der Waals surface area contributed by atoms with Gasteiger partial charge in [0.05, 0.1) is 21.2 Å². The average molecular weight is 500 g/mol. The number of alkyl halides is 6. The second kappa shape index (κ2) is 8.94. The lowest BCUT2D eigenvalue weighted by Crippen LogP contribution is -2.28. The topological polar surface area (TPSA) is 29.1 Å². The van der Waals surface area contributed by atoms with Gasteiger partial charge in [0.25, 0.3) is 5.91 Å². The van der Waals surface area contributed by atoms with Crippen LogP contribution in [0.2, 0.25) is 10.0 Å². The molecule has 2 aromatic carbocycles. The van der Waals surface area contributed by atoms with E-state index in [4.69, 9.17) is 23.2 Å². The van der Waals surface area contributed by atoms with E-state index < -0.39 is 52.3 Å². The van der Waals surface area contributed by atoms with Gasteiger partial charge in [0.15, 0.2) is 0 Å². The van der Waals surface area contributed by atoms with Crippen LogP contribution in [0, 0.1) is 0 Å². The molecule has 1 saturated carbocycles. The minimum Gasteiger partial charge on any atom is -0.349 e. The molecule has 1 unspecified atom stereocenters. The molecule has 1 amide bonds. The van der Waals surface area contributed by atoms with Crippen molar-refractivity contribution in [3.63, 3.8) is 0 Å². The van der Waals surface area contributed by atoms with Crippen molar-refractivity contribution in [2.45, 2.75) is 37.2 Å². The van der Waals surface area contributed by atoms with E-state index in [2.05, 4.69) is 5.32 Å². The molecule has 1 aliphatic carbocycles. The van der Waals surface area contributed by atoms with Crippen molar-refractivity contribution in [3.05, 3.63) is 74.8 Å². The lowest BCUT2D eigenvalue weighted by Gasteiger charge is -2.19. The highest BCUT2D eigenvalue weighted by Gasteiger charge is 2.41. The third-order valence-electron chi connectivity index (χ3n) is 4.73. The molecule has 2 nitrogen and oxygen atoms in total. The summed E-state index contributed by atoms with van der Waals surface area (Å²) in [5.74, 6) is -5.03. The van der Waals surface area contributed by atoms with E-state index in [-0.39, 0.29) is 22.2 Å². The monoisotopic (exact) mass is 499 g/mol. The van der Waals surface area contributed by atoms with E-state index >= 15 is 0 Å². The van der Waals surface area contributed by atoms with Crippen LogP contribution in [0.3, 0.4) is 0 Å². The fraction of sp³-hybridized carbons (Fsp3) is 0.286. The van der Waals surface area contributed by atoms with Gasteiger partial charge in [-0.3, -0.25) is 4.79 Å². The maximum Gasteiger partial charge on any atom is 0.417 e. The Morgan fingerprint density at radius 3 is 2.19 bits per heavy atom. The average Bonchev–Trinajstić information content (AvgIpc) is 3.50. The first kappa shape index (κ1) is 24.4. The summed E-state index contributed by atoms with van der Waals surface area (Å²) >= 11 is 11.4. The number of benzene rings is 2. The number of hydrogen-bond donors (Lipinski definition) is 1. The molecule has 11 heteroatoms. The Balaban J connectivity index is 2.02. The summed E-state index contributed by atoms with van der Waals surface area (Å²) < 4.78 is 95.8. The standard InChI is InChI=1S/C21H14Cl2F7NO/c22-16-6-2-10(8-17(16)23)14(20(25,26)27)9-18(24)11-1-5-13(15(7-11)21(28,29)30)19(32)31-12-3-4-12/h1-2,5-9,12,14H,3-4H2,(H,31,32)/b18-9-. The molecule has 1 aliphatic rings. The number of carbonyl (C=O) groups excluding carboxylic acids is 1. The number of allylic oxidation sites excluding steroid dienone is 1. The zero-order chi connectivity index (χ0) is 23.8. The van der Waals surface area contributed by atoms with Gasteiger partial charge in [0.2, 0.25) is 0 Å². The van der Waals surface area contributed by atoms with Gasteiger partial charge < -0.3 is 5.32 Å². The molecule has 2 aromatic rings. The van der Waals surface area contributed by atoms with Crippen LogP contribution in [0.1, 0.15) is 45.8 Å². The van der Waals surface area contributed by atoms with Gasteiger partial charge in [0, 0.05) is 11.6 Å². The zero-order valence-electron chi connectivity index (χ0n) is 15.9. The minimum atomic E-state index is -5.03. The summed E-state index contributed by atoms with van der Waals surface area (Å²) in [7, 11) is 0. The lowest BCUT2D eigenvalue weighted by atomic mass is 9.95. The predicted molar refractivity (Wildman–Crippen MR) is 106 cm³/mol. The number of halogens is 9. The highest BCUT2D eigenvalue weighted by atomic mass is 35.5. The largest absolute Gasteiger partial charge is 0.417 e. The molecule has 0 heterocycles. The Bertz CT molecular complexity index is 1060. The van der Waals surface area contributed by atoms with Crippen molar-refractivity contribution in [1.82, 2.24) is 5.32 Å². The fourth-order valence-electron chi connectivity index (χ4n) is 2.94. The number of amides is 1. The maximum absolute atomic E-state index is 14.7. The third-order valence-corrected chi connectivity index (χ3v) is 5.47. The van der Waals surface area contributed by atoms with E-state index in [0.29, 0.717) is 18.9 Å². The normalized spacial score (nSPS) is 16.1. The van der Waals surface area contributed by atoms with Crippen molar-refractivity contribution in [2.75, 3.05) is 0 Å². The van der Waals surface area contributed by atoms with Crippen molar-refractivity contribution >= 4 is 34.9 Å². The zero-order valence-corrected chi connectivity index (χ0v) is 17.4. The number of hydrogen-bond acceptors (Lipinski definition) is 1. The molecular weight excluding hydrogens is 486 g/mol. The Labute approximate surface area is 188 Å². The molecule has 0 aliphatic heterocycles. The Kier molecular flexibility index (Phi) is 6.81. The van der Waals surface area contributed by atoms with Gasteiger partial charge in [-0.25, -0.2) is 4.39 Å². The fourth-order valence-corrected chi connectivity index (χ4v) is 3.25. The molecule has 3 rings (SSSR count). The van der Waals surface area contributed by atoms with Crippen molar-refractivity contribution in [3.8, 4) is 0 Å². The van der Waals surface area contributed by atoms with Crippen molar-refractivity contribution < 1.29 is 35.5 Å². The highest BCUT2D eigenvalue weighted by molar-refractivity contribution is 6.42. The van der Waals surface area contributed by atoms with Gasteiger partial charge in [0.1, 0.15) is 11.7 Å². The van der Waals surface area contributed by atoms with Crippen LogP contribution in [0.15, 0.2) is 42.5 Å². The number of carbonyl (C=O) groups is 1. The van der Waals surface area contributed by atoms with Gasteiger partial charge >= 0.3 is 12.4 Å². The molecule has 0 radical (unpaired) electrons. The summed E-state index contributed by atoms with van der Waals surface area (Å²) in [5.41, 5.74) is -3.39. The molecule has 32 heavy (non-hydrogen) atoms. The maximum atomic E-state index is 14.7. The number of nitrogens with one attached hydrogen (secondary N) is 1. The Morgan fingerprint density at radius 2 is 1.66 bits per heavy atom.